The maximum atomic E-state index is 5.01. The van der Waals surface area contributed by atoms with Crippen LogP contribution in [0.3, 0.4) is 0 Å². The normalized spacial score (nSPS) is 11.1. The number of rotatable bonds is 10. The van der Waals surface area contributed by atoms with Crippen molar-refractivity contribution >= 4 is 0 Å². The van der Waals surface area contributed by atoms with E-state index in [0.29, 0.717) is 0 Å². The molecule has 0 rings (SSSR count). The van der Waals surface area contributed by atoms with Crippen molar-refractivity contribution in [3.8, 4) is 0 Å². The Morgan fingerprint density at radius 2 is 1.93 bits per heavy atom. The number of nitrogens with one attached hydrogen (secondary N) is 1. The van der Waals surface area contributed by atoms with Gasteiger partial charge in [-0.1, -0.05) is 13.3 Å². The summed E-state index contributed by atoms with van der Waals surface area (Å²) in [7, 11) is 3.92. The second-order valence-corrected chi connectivity index (χ2v) is 3.75. The number of methoxy groups -OCH3 is 1. The monoisotopic (exact) mass is 202 g/mol. The molecule has 0 atom stereocenters. The van der Waals surface area contributed by atoms with Crippen LogP contribution < -0.4 is 5.32 Å². The molecular weight excluding hydrogens is 176 g/mol. The molecule has 0 aliphatic heterocycles. The highest BCUT2D eigenvalue weighted by Gasteiger charge is 1.96. The topological polar surface area (TPSA) is 24.5 Å². The van der Waals surface area contributed by atoms with Crippen LogP contribution in [0.4, 0.5) is 0 Å². The van der Waals surface area contributed by atoms with E-state index < -0.39 is 0 Å². The van der Waals surface area contributed by atoms with E-state index in [4.69, 9.17) is 4.74 Å². The zero-order chi connectivity index (χ0) is 10.6. The Bertz CT molecular complexity index is 109. The minimum atomic E-state index is 0.869. The number of nitrogens with zero attached hydrogens (tertiary/aromatic N) is 1. The smallest absolute Gasteiger partial charge is 0.0474 e. The van der Waals surface area contributed by atoms with Crippen molar-refractivity contribution < 1.29 is 4.74 Å². The van der Waals surface area contributed by atoms with Gasteiger partial charge in [0.2, 0.25) is 0 Å². The van der Waals surface area contributed by atoms with Gasteiger partial charge < -0.3 is 15.0 Å². The van der Waals surface area contributed by atoms with Gasteiger partial charge in [-0.05, 0) is 26.4 Å². The standard InChI is InChI=1S/C11H26N2O/c1-4-5-7-12-8-10-13(2)9-6-11-14-3/h12H,4-11H2,1-3H3. The van der Waals surface area contributed by atoms with Crippen molar-refractivity contribution in [3.05, 3.63) is 0 Å². The van der Waals surface area contributed by atoms with Gasteiger partial charge in [0.25, 0.3) is 0 Å². The third-order valence-corrected chi connectivity index (χ3v) is 2.27. The van der Waals surface area contributed by atoms with Crippen LogP contribution in [0.25, 0.3) is 0 Å². The summed E-state index contributed by atoms with van der Waals surface area (Å²) in [4.78, 5) is 2.35. The molecule has 0 radical (unpaired) electrons. The minimum Gasteiger partial charge on any atom is -0.385 e. The Labute approximate surface area is 88.8 Å². The van der Waals surface area contributed by atoms with Crippen LogP contribution in [0.15, 0.2) is 0 Å². The SMILES string of the molecule is CCCCNCCN(C)CCCOC. The summed E-state index contributed by atoms with van der Waals surface area (Å²) >= 11 is 0. The summed E-state index contributed by atoms with van der Waals surface area (Å²) in [6, 6.07) is 0. The lowest BCUT2D eigenvalue weighted by Gasteiger charge is -2.16. The van der Waals surface area contributed by atoms with E-state index in [1.54, 1.807) is 7.11 Å². The molecule has 0 aromatic heterocycles. The van der Waals surface area contributed by atoms with E-state index >= 15 is 0 Å². The van der Waals surface area contributed by atoms with Crippen molar-refractivity contribution in [2.45, 2.75) is 26.2 Å². The van der Waals surface area contributed by atoms with Gasteiger partial charge in [0.1, 0.15) is 0 Å². The third kappa shape index (κ3) is 9.96. The van der Waals surface area contributed by atoms with Crippen LogP contribution in [0.2, 0.25) is 0 Å². The average molecular weight is 202 g/mol. The van der Waals surface area contributed by atoms with E-state index in [0.717, 1.165) is 39.2 Å². The van der Waals surface area contributed by atoms with Gasteiger partial charge in [-0.15, -0.1) is 0 Å². The van der Waals surface area contributed by atoms with Crippen molar-refractivity contribution in [1.29, 1.82) is 0 Å². The fourth-order valence-electron chi connectivity index (χ4n) is 1.29. The molecule has 0 bridgehead atoms. The molecule has 0 saturated heterocycles. The second kappa shape index (κ2) is 11.0. The lowest BCUT2D eigenvalue weighted by molar-refractivity contribution is 0.179. The zero-order valence-electron chi connectivity index (χ0n) is 10.0. The fourth-order valence-corrected chi connectivity index (χ4v) is 1.29. The first-order valence-corrected chi connectivity index (χ1v) is 5.69. The quantitative estimate of drug-likeness (QED) is 0.541. The van der Waals surface area contributed by atoms with Crippen LogP contribution in [0.1, 0.15) is 26.2 Å². The number of hydrogen-bond acceptors (Lipinski definition) is 3. The summed E-state index contributed by atoms with van der Waals surface area (Å²) in [6.45, 7) is 7.61. The summed E-state index contributed by atoms with van der Waals surface area (Å²) in [6.07, 6.45) is 3.69. The maximum absolute atomic E-state index is 5.01. The predicted molar refractivity (Wildman–Crippen MR) is 61.8 cm³/mol. The lowest BCUT2D eigenvalue weighted by Crippen LogP contribution is -2.30. The Balaban J connectivity index is 3.06. The van der Waals surface area contributed by atoms with Gasteiger partial charge in [-0.3, -0.25) is 0 Å². The zero-order valence-corrected chi connectivity index (χ0v) is 10.0. The Morgan fingerprint density at radius 1 is 1.14 bits per heavy atom. The molecule has 14 heavy (non-hydrogen) atoms. The number of hydrogen-bond donors (Lipinski definition) is 1. The fraction of sp³-hybridized carbons (Fsp3) is 1.00. The first kappa shape index (κ1) is 13.9. The average Bonchev–Trinajstić information content (AvgIpc) is 2.18. The number of unbranched alkanes of at least 4 members (excludes halogenated alkanes) is 1. The Morgan fingerprint density at radius 3 is 2.57 bits per heavy atom. The van der Waals surface area contributed by atoms with Gasteiger partial charge >= 0.3 is 0 Å². The second-order valence-electron chi connectivity index (χ2n) is 3.75. The van der Waals surface area contributed by atoms with Gasteiger partial charge in [-0.25, -0.2) is 0 Å². The van der Waals surface area contributed by atoms with Gasteiger partial charge in [0, 0.05) is 33.4 Å². The highest BCUT2D eigenvalue weighted by Crippen LogP contribution is 1.87. The van der Waals surface area contributed by atoms with Gasteiger partial charge in [0.05, 0.1) is 0 Å². The van der Waals surface area contributed by atoms with E-state index in [1.807, 2.05) is 0 Å². The predicted octanol–water partition coefficient (Wildman–Crippen LogP) is 1.34. The van der Waals surface area contributed by atoms with Crippen LogP contribution in [0, 0.1) is 0 Å². The van der Waals surface area contributed by atoms with Crippen molar-refractivity contribution in [2.75, 3.05) is 46.9 Å². The first-order chi connectivity index (χ1) is 6.81. The molecular formula is C11H26N2O. The molecule has 0 aliphatic rings. The third-order valence-electron chi connectivity index (χ3n) is 2.27. The molecule has 3 nitrogen and oxygen atoms in total. The van der Waals surface area contributed by atoms with Crippen molar-refractivity contribution in [1.82, 2.24) is 10.2 Å². The molecule has 1 N–H and O–H groups in total. The summed E-state index contributed by atoms with van der Waals surface area (Å²) in [5.41, 5.74) is 0. The van der Waals surface area contributed by atoms with Crippen LogP contribution >= 0.6 is 0 Å². The molecule has 0 fully saturated rings. The minimum absolute atomic E-state index is 0.869. The van der Waals surface area contributed by atoms with Crippen LogP contribution in [-0.4, -0.2) is 51.8 Å². The summed E-state index contributed by atoms with van der Waals surface area (Å²) < 4.78 is 5.01. The molecule has 0 aromatic rings. The highest BCUT2D eigenvalue weighted by atomic mass is 16.5. The molecule has 0 heterocycles. The van der Waals surface area contributed by atoms with Crippen molar-refractivity contribution in [3.63, 3.8) is 0 Å². The molecule has 0 spiro atoms. The Kier molecular flexibility index (Phi) is 10.9. The molecule has 3 heteroatoms. The van der Waals surface area contributed by atoms with Crippen molar-refractivity contribution in [2.24, 2.45) is 0 Å². The molecule has 0 unspecified atom stereocenters. The molecule has 0 saturated carbocycles. The summed E-state index contributed by atoms with van der Waals surface area (Å²) in [5.74, 6) is 0. The molecule has 0 amide bonds. The first-order valence-electron chi connectivity index (χ1n) is 5.69. The number of likely N-dealkylation sites (N-methyl/N-ethyl adjacent to an activating group) is 1. The maximum Gasteiger partial charge on any atom is 0.0474 e. The highest BCUT2D eigenvalue weighted by molar-refractivity contribution is 4.54. The molecule has 0 aromatic carbocycles. The molecule has 86 valence electrons. The molecule has 0 aliphatic carbocycles. The summed E-state index contributed by atoms with van der Waals surface area (Å²) in [5, 5.41) is 3.43. The van der Waals surface area contributed by atoms with E-state index in [2.05, 4.69) is 24.2 Å². The van der Waals surface area contributed by atoms with Gasteiger partial charge in [-0.2, -0.15) is 0 Å². The number of ether oxygens (including phenoxy) is 1. The van der Waals surface area contributed by atoms with Crippen LogP contribution in [-0.2, 0) is 4.74 Å². The largest absolute Gasteiger partial charge is 0.385 e. The van der Waals surface area contributed by atoms with E-state index in [1.165, 1.54) is 12.8 Å². The van der Waals surface area contributed by atoms with Gasteiger partial charge in [0.15, 0.2) is 0 Å². The lowest BCUT2D eigenvalue weighted by atomic mass is 10.3. The van der Waals surface area contributed by atoms with E-state index in [-0.39, 0.29) is 0 Å². The van der Waals surface area contributed by atoms with E-state index in [9.17, 15) is 0 Å². The van der Waals surface area contributed by atoms with Crippen LogP contribution in [0.5, 0.6) is 0 Å². The Hall–Kier alpha value is -0.120.